The Kier molecular flexibility index (Phi) is 3.38. The van der Waals surface area contributed by atoms with Gasteiger partial charge in [0.2, 0.25) is 0 Å². The van der Waals surface area contributed by atoms with Crippen LogP contribution in [0.25, 0.3) is 10.6 Å². The van der Waals surface area contributed by atoms with Crippen molar-refractivity contribution >= 4 is 17.2 Å². The second-order valence-electron chi connectivity index (χ2n) is 5.33. The zero-order valence-electron chi connectivity index (χ0n) is 11.8. The molecule has 1 aliphatic rings. The molecule has 0 radical (unpaired) electrons. The molecule has 1 saturated carbocycles. The van der Waals surface area contributed by atoms with Gasteiger partial charge < -0.3 is 10.3 Å². The van der Waals surface area contributed by atoms with E-state index in [1.54, 1.807) is 17.5 Å². The fourth-order valence-corrected chi connectivity index (χ4v) is 3.67. The second-order valence-corrected chi connectivity index (χ2v) is 6.23. The quantitative estimate of drug-likeness (QED) is 0.918. The standard InChI is InChI=1S/C15H19N3OS/c1-3-4-11-13(15-17-7-8-20-15)12(14(16)19)9(2)18(11)10-5-6-10/h7-8,10H,3-6H2,1-2H3,(H2,16,19). The number of nitrogens with two attached hydrogens (primary N) is 1. The van der Waals surface area contributed by atoms with E-state index in [0.29, 0.717) is 11.6 Å². The summed E-state index contributed by atoms with van der Waals surface area (Å²) in [7, 11) is 0. The topological polar surface area (TPSA) is 60.9 Å². The molecule has 0 aromatic carbocycles. The van der Waals surface area contributed by atoms with Crippen LogP contribution in [-0.4, -0.2) is 15.5 Å². The highest BCUT2D eigenvalue weighted by Crippen LogP contribution is 2.43. The van der Waals surface area contributed by atoms with E-state index in [1.807, 2.05) is 12.3 Å². The van der Waals surface area contributed by atoms with Gasteiger partial charge in [0, 0.05) is 34.6 Å². The molecular formula is C15H19N3OS. The molecule has 0 saturated heterocycles. The molecule has 1 fully saturated rings. The Morgan fingerprint density at radius 3 is 2.80 bits per heavy atom. The molecule has 0 spiro atoms. The Hall–Kier alpha value is -1.62. The molecule has 4 nitrogen and oxygen atoms in total. The van der Waals surface area contributed by atoms with Crippen LogP contribution >= 0.6 is 11.3 Å². The number of amides is 1. The average Bonchev–Trinajstić information content (AvgIpc) is 3.00. The number of carbonyl (C=O) groups excluding carboxylic acids is 1. The molecule has 106 valence electrons. The van der Waals surface area contributed by atoms with Gasteiger partial charge in [-0.15, -0.1) is 11.3 Å². The number of aromatic nitrogens is 2. The van der Waals surface area contributed by atoms with Crippen molar-refractivity contribution in [3.05, 3.63) is 28.5 Å². The first-order valence-corrected chi connectivity index (χ1v) is 7.96. The summed E-state index contributed by atoms with van der Waals surface area (Å²) < 4.78 is 2.33. The number of hydrogen-bond donors (Lipinski definition) is 1. The van der Waals surface area contributed by atoms with E-state index in [4.69, 9.17) is 5.73 Å². The minimum Gasteiger partial charge on any atom is -0.366 e. The monoisotopic (exact) mass is 289 g/mol. The molecule has 1 amide bonds. The first kappa shape index (κ1) is 13.4. The van der Waals surface area contributed by atoms with Crippen molar-refractivity contribution in [1.29, 1.82) is 0 Å². The van der Waals surface area contributed by atoms with Gasteiger partial charge in [-0.2, -0.15) is 0 Å². The van der Waals surface area contributed by atoms with Crippen LogP contribution in [0.5, 0.6) is 0 Å². The fraction of sp³-hybridized carbons (Fsp3) is 0.467. The van der Waals surface area contributed by atoms with Crippen molar-refractivity contribution in [2.24, 2.45) is 5.73 Å². The molecule has 0 bridgehead atoms. The average molecular weight is 289 g/mol. The summed E-state index contributed by atoms with van der Waals surface area (Å²) in [6, 6.07) is 0.545. The Morgan fingerprint density at radius 1 is 1.55 bits per heavy atom. The van der Waals surface area contributed by atoms with Crippen LogP contribution < -0.4 is 5.73 Å². The third kappa shape index (κ3) is 2.06. The van der Waals surface area contributed by atoms with Crippen LogP contribution in [-0.2, 0) is 6.42 Å². The molecule has 0 atom stereocenters. The van der Waals surface area contributed by atoms with E-state index in [0.717, 1.165) is 29.1 Å². The molecule has 2 aromatic rings. The van der Waals surface area contributed by atoms with Crippen molar-refractivity contribution in [3.63, 3.8) is 0 Å². The van der Waals surface area contributed by atoms with Crippen LogP contribution in [0, 0.1) is 6.92 Å². The van der Waals surface area contributed by atoms with Gasteiger partial charge in [0.25, 0.3) is 5.91 Å². The number of primary amides is 1. The molecule has 5 heteroatoms. The summed E-state index contributed by atoms with van der Waals surface area (Å²) >= 11 is 1.57. The third-order valence-corrected chi connectivity index (χ3v) is 4.63. The first-order valence-electron chi connectivity index (χ1n) is 7.08. The van der Waals surface area contributed by atoms with Crippen LogP contribution in [0.4, 0.5) is 0 Å². The number of hydrogen-bond acceptors (Lipinski definition) is 3. The minimum absolute atomic E-state index is 0.343. The summed E-state index contributed by atoms with van der Waals surface area (Å²) in [6.45, 7) is 4.17. The Bertz CT molecular complexity index is 639. The van der Waals surface area contributed by atoms with Crippen molar-refractivity contribution in [2.45, 2.75) is 45.6 Å². The highest BCUT2D eigenvalue weighted by molar-refractivity contribution is 7.13. The number of carbonyl (C=O) groups is 1. The van der Waals surface area contributed by atoms with Gasteiger partial charge in [-0.05, 0) is 26.2 Å². The Balaban J connectivity index is 2.28. The van der Waals surface area contributed by atoms with Gasteiger partial charge in [-0.1, -0.05) is 13.3 Å². The largest absolute Gasteiger partial charge is 0.366 e. The summed E-state index contributed by atoms with van der Waals surface area (Å²) in [4.78, 5) is 16.3. The lowest BCUT2D eigenvalue weighted by atomic mass is 10.1. The lowest BCUT2D eigenvalue weighted by Gasteiger charge is -2.10. The third-order valence-electron chi connectivity index (χ3n) is 3.84. The lowest BCUT2D eigenvalue weighted by Crippen LogP contribution is -2.13. The maximum Gasteiger partial charge on any atom is 0.251 e. The summed E-state index contributed by atoms with van der Waals surface area (Å²) in [6.07, 6.45) is 6.18. The lowest BCUT2D eigenvalue weighted by molar-refractivity contribution is 0.1000. The molecular weight excluding hydrogens is 270 g/mol. The maximum atomic E-state index is 11.9. The smallest absolute Gasteiger partial charge is 0.251 e. The number of thiazole rings is 1. The maximum absolute atomic E-state index is 11.9. The predicted molar refractivity (Wildman–Crippen MR) is 81.1 cm³/mol. The van der Waals surface area contributed by atoms with E-state index in [9.17, 15) is 4.79 Å². The molecule has 20 heavy (non-hydrogen) atoms. The summed E-state index contributed by atoms with van der Waals surface area (Å²) in [5, 5.41) is 2.85. The minimum atomic E-state index is -0.343. The number of nitrogens with zero attached hydrogens (tertiary/aromatic N) is 2. The van der Waals surface area contributed by atoms with E-state index in [-0.39, 0.29) is 5.91 Å². The molecule has 0 aliphatic heterocycles. The van der Waals surface area contributed by atoms with Gasteiger partial charge in [0.1, 0.15) is 5.01 Å². The molecule has 0 unspecified atom stereocenters. The van der Waals surface area contributed by atoms with E-state index < -0.39 is 0 Å². The second kappa shape index (κ2) is 5.05. The Morgan fingerprint density at radius 2 is 2.30 bits per heavy atom. The van der Waals surface area contributed by atoms with Crippen LogP contribution in [0.15, 0.2) is 11.6 Å². The van der Waals surface area contributed by atoms with Crippen LogP contribution in [0.2, 0.25) is 0 Å². The van der Waals surface area contributed by atoms with E-state index >= 15 is 0 Å². The van der Waals surface area contributed by atoms with Gasteiger partial charge in [0.15, 0.2) is 0 Å². The highest BCUT2D eigenvalue weighted by atomic mass is 32.1. The summed E-state index contributed by atoms with van der Waals surface area (Å²) in [5.41, 5.74) is 9.52. The van der Waals surface area contributed by atoms with Crippen molar-refractivity contribution < 1.29 is 4.79 Å². The zero-order valence-corrected chi connectivity index (χ0v) is 12.7. The molecule has 2 N–H and O–H groups in total. The molecule has 2 heterocycles. The van der Waals surface area contributed by atoms with Gasteiger partial charge in [-0.25, -0.2) is 4.98 Å². The molecule has 3 rings (SSSR count). The van der Waals surface area contributed by atoms with Gasteiger partial charge >= 0.3 is 0 Å². The van der Waals surface area contributed by atoms with Crippen molar-refractivity contribution in [3.8, 4) is 10.6 Å². The fourth-order valence-electron chi connectivity index (χ4n) is 2.96. The SMILES string of the molecule is CCCc1c(-c2nccs2)c(C(N)=O)c(C)n1C1CC1. The molecule has 1 aliphatic carbocycles. The molecule has 2 aromatic heterocycles. The van der Waals surface area contributed by atoms with E-state index in [1.165, 1.54) is 18.5 Å². The van der Waals surface area contributed by atoms with Gasteiger partial charge in [-0.3, -0.25) is 4.79 Å². The van der Waals surface area contributed by atoms with Crippen molar-refractivity contribution in [1.82, 2.24) is 9.55 Å². The van der Waals surface area contributed by atoms with Crippen molar-refractivity contribution in [2.75, 3.05) is 0 Å². The first-order chi connectivity index (χ1) is 9.65. The van der Waals surface area contributed by atoms with E-state index in [2.05, 4.69) is 16.5 Å². The summed E-state index contributed by atoms with van der Waals surface area (Å²) in [5.74, 6) is -0.343. The highest BCUT2D eigenvalue weighted by Gasteiger charge is 2.33. The van der Waals surface area contributed by atoms with Gasteiger partial charge in [0.05, 0.1) is 5.56 Å². The number of rotatable bonds is 5. The Labute approximate surface area is 122 Å². The zero-order chi connectivity index (χ0) is 14.3. The predicted octanol–water partition coefficient (Wildman–Crippen LogP) is 3.31. The van der Waals surface area contributed by atoms with Crippen LogP contribution in [0.3, 0.4) is 0 Å². The van der Waals surface area contributed by atoms with Crippen LogP contribution in [0.1, 0.15) is 54.0 Å². The normalized spacial score (nSPS) is 14.7.